The number of methoxy groups -OCH3 is 1. The van der Waals surface area contributed by atoms with E-state index in [2.05, 4.69) is 11.8 Å². The van der Waals surface area contributed by atoms with Crippen molar-refractivity contribution in [3.05, 3.63) is 24.3 Å². The smallest absolute Gasteiger partial charge is 0.243 e. The van der Waals surface area contributed by atoms with E-state index in [0.717, 1.165) is 31.8 Å². The van der Waals surface area contributed by atoms with Gasteiger partial charge in [0, 0.05) is 19.1 Å². The summed E-state index contributed by atoms with van der Waals surface area (Å²) in [4.78, 5) is 2.92. The predicted octanol–water partition coefficient (Wildman–Crippen LogP) is 3.22. The Morgan fingerprint density at radius 3 is 2.04 bits per heavy atom. The Bertz CT molecular complexity index is 629. The molecule has 0 saturated carbocycles. The first-order chi connectivity index (χ1) is 11.5. The van der Waals surface area contributed by atoms with Crippen LogP contribution in [0.3, 0.4) is 0 Å². The van der Waals surface area contributed by atoms with Crippen molar-refractivity contribution in [3.8, 4) is 5.75 Å². The molecule has 3 rings (SSSR count). The third kappa shape index (κ3) is 4.54. The molecular weight excluding hydrogens is 336 g/mol. The average molecular weight is 369 g/mol. The van der Waals surface area contributed by atoms with Gasteiger partial charge < -0.3 is 9.64 Å². The molecule has 2 saturated heterocycles. The second kappa shape index (κ2) is 8.52. The minimum Gasteiger partial charge on any atom is -0.497 e. The van der Waals surface area contributed by atoms with Gasteiger partial charge in [0.05, 0.1) is 12.0 Å². The molecule has 0 aromatic heterocycles. The maximum absolute atomic E-state index is 12.8. The Morgan fingerprint density at radius 2 is 1.52 bits per heavy atom. The number of likely N-dealkylation sites (tertiary alicyclic amines) is 1. The molecule has 142 valence electrons. The number of rotatable bonds is 4. The molecule has 0 unspecified atom stereocenters. The normalized spacial score (nSPS) is 21.7. The number of piperidine rings is 2. The Balaban J connectivity index is 0.00000225. The van der Waals surface area contributed by atoms with E-state index < -0.39 is 10.0 Å². The lowest BCUT2D eigenvalue weighted by Gasteiger charge is -2.41. The SMILES string of the molecule is C.COc1ccc(S(=O)(=O)N2CCC(N3CCC(C)CC3)CC2)cc1. The molecule has 2 heterocycles. The highest BCUT2D eigenvalue weighted by atomic mass is 32.2. The molecule has 0 aliphatic carbocycles. The molecule has 0 spiro atoms. The molecule has 1 aromatic rings. The number of sulfonamides is 1. The number of hydrogen-bond donors (Lipinski definition) is 0. The second-order valence-corrected chi connectivity index (χ2v) is 8.97. The molecular formula is C19H32N2O3S. The highest BCUT2D eigenvalue weighted by Gasteiger charge is 2.32. The summed E-state index contributed by atoms with van der Waals surface area (Å²) in [5.41, 5.74) is 0. The van der Waals surface area contributed by atoms with Gasteiger partial charge in [-0.25, -0.2) is 8.42 Å². The van der Waals surface area contributed by atoms with Crippen molar-refractivity contribution in [2.24, 2.45) is 5.92 Å². The fourth-order valence-corrected chi connectivity index (χ4v) is 5.21. The van der Waals surface area contributed by atoms with Crippen LogP contribution in [-0.4, -0.2) is 57.0 Å². The van der Waals surface area contributed by atoms with Gasteiger partial charge in [0.1, 0.15) is 5.75 Å². The van der Waals surface area contributed by atoms with Gasteiger partial charge in [-0.1, -0.05) is 14.4 Å². The van der Waals surface area contributed by atoms with Crippen molar-refractivity contribution in [1.29, 1.82) is 0 Å². The van der Waals surface area contributed by atoms with E-state index >= 15 is 0 Å². The zero-order chi connectivity index (χ0) is 17.2. The predicted molar refractivity (Wildman–Crippen MR) is 101 cm³/mol. The Labute approximate surface area is 153 Å². The summed E-state index contributed by atoms with van der Waals surface area (Å²) < 4.78 is 32.3. The lowest BCUT2D eigenvalue weighted by atomic mass is 9.95. The number of ether oxygens (including phenoxy) is 1. The number of hydrogen-bond acceptors (Lipinski definition) is 4. The van der Waals surface area contributed by atoms with Crippen molar-refractivity contribution in [2.45, 2.75) is 51.0 Å². The zero-order valence-electron chi connectivity index (χ0n) is 14.6. The van der Waals surface area contributed by atoms with Gasteiger partial charge >= 0.3 is 0 Å². The van der Waals surface area contributed by atoms with Crippen LogP contribution in [0.4, 0.5) is 0 Å². The molecule has 0 N–H and O–H groups in total. The van der Waals surface area contributed by atoms with E-state index in [4.69, 9.17) is 4.74 Å². The first kappa shape index (κ1) is 20.2. The maximum atomic E-state index is 12.8. The van der Waals surface area contributed by atoms with E-state index in [9.17, 15) is 8.42 Å². The summed E-state index contributed by atoms with van der Waals surface area (Å²) >= 11 is 0. The van der Waals surface area contributed by atoms with Crippen molar-refractivity contribution in [3.63, 3.8) is 0 Å². The summed E-state index contributed by atoms with van der Waals surface area (Å²) in [6, 6.07) is 7.21. The summed E-state index contributed by atoms with van der Waals surface area (Å²) in [5, 5.41) is 0. The van der Waals surface area contributed by atoms with Gasteiger partial charge in [-0.15, -0.1) is 0 Å². The standard InChI is InChI=1S/C18H28N2O3S.CH4/c1-15-7-11-19(12-8-15)16-9-13-20(14-10-16)24(21,22)18-5-3-17(23-2)4-6-18;/h3-6,15-16H,7-14H2,1-2H3;1H4. The highest BCUT2D eigenvalue weighted by Crippen LogP contribution is 2.27. The lowest BCUT2D eigenvalue weighted by Crippen LogP contribution is -2.48. The molecule has 2 aliphatic heterocycles. The van der Waals surface area contributed by atoms with Crippen LogP contribution in [-0.2, 0) is 10.0 Å². The number of benzene rings is 1. The topological polar surface area (TPSA) is 49.9 Å². The fourth-order valence-electron chi connectivity index (χ4n) is 3.74. The fraction of sp³-hybridized carbons (Fsp3) is 0.684. The third-order valence-electron chi connectivity index (χ3n) is 5.46. The molecule has 2 aliphatic rings. The third-order valence-corrected chi connectivity index (χ3v) is 7.37. The van der Waals surface area contributed by atoms with E-state index in [1.165, 1.54) is 12.8 Å². The molecule has 2 fully saturated rings. The van der Waals surface area contributed by atoms with E-state index in [1.54, 1.807) is 35.7 Å². The Kier molecular flexibility index (Phi) is 6.88. The average Bonchev–Trinajstić information content (AvgIpc) is 2.62. The van der Waals surface area contributed by atoms with Crippen molar-refractivity contribution in [1.82, 2.24) is 9.21 Å². The lowest BCUT2D eigenvalue weighted by molar-refractivity contribution is 0.101. The minimum atomic E-state index is -3.39. The van der Waals surface area contributed by atoms with Gasteiger partial charge in [-0.2, -0.15) is 4.31 Å². The van der Waals surface area contributed by atoms with Crippen LogP contribution in [0.25, 0.3) is 0 Å². The van der Waals surface area contributed by atoms with Crippen LogP contribution in [0.15, 0.2) is 29.2 Å². The summed E-state index contributed by atoms with van der Waals surface area (Å²) in [6.07, 6.45) is 4.41. The van der Waals surface area contributed by atoms with Crippen LogP contribution in [0.1, 0.15) is 40.0 Å². The molecule has 25 heavy (non-hydrogen) atoms. The molecule has 0 bridgehead atoms. The van der Waals surface area contributed by atoms with Crippen LogP contribution in [0, 0.1) is 5.92 Å². The van der Waals surface area contributed by atoms with Gasteiger partial charge in [0.15, 0.2) is 0 Å². The van der Waals surface area contributed by atoms with E-state index in [-0.39, 0.29) is 7.43 Å². The molecule has 6 heteroatoms. The van der Waals surface area contributed by atoms with E-state index in [0.29, 0.717) is 29.8 Å². The van der Waals surface area contributed by atoms with Crippen molar-refractivity contribution < 1.29 is 13.2 Å². The molecule has 1 aromatic carbocycles. The summed E-state index contributed by atoms with van der Waals surface area (Å²) in [7, 11) is -1.81. The molecule has 0 radical (unpaired) electrons. The maximum Gasteiger partial charge on any atom is 0.243 e. The van der Waals surface area contributed by atoms with E-state index in [1.807, 2.05) is 0 Å². The van der Waals surface area contributed by atoms with Gasteiger partial charge in [-0.3, -0.25) is 0 Å². The van der Waals surface area contributed by atoms with Crippen molar-refractivity contribution >= 4 is 10.0 Å². The Hall–Kier alpha value is -1.11. The van der Waals surface area contributed by atoms with Crippen molar-refractivity contribution in [2.75, 3.05) is 33.3 Å². The summed E-state index contributed by atoms with van der Waals surface area (Å²) in [5.74, 6) is 1.50. The first-order valence-corrected chi connectivity index (χ1v) is 10.3. The second-order valence-electron chi connectivity index (χ2n) is 7.03. The molecule has 5 nitrogen and oxygen atoms in total. The molecule has 0 amide bonds. The largest absolute Gasteiger partial charge is 0.497 e. The molecule has 0 atom stereocenters. The van der Waals surface area contributed by atoms with Crippen LogP contribution in [0.2, 0.25) is 0 Å². The van der Waals surface area contributed by atoms with Gasteiger partial charge in [0.2, 0.25) is 10.0 Å². The monoisotopic (exact) mass is 368 g/mol. The quantitative estimate of drug-likeness (QED) is 0.819. The highest BCUT2D eigenvalue weighted by molar-refractivity contribution is 7.89. The van der Waals surface area contributed by atoms with Gasteiger partial charge in [-0.05, 0) is 69.0 Å². The van der Waals surface area contributed by atoms with Crippen LogP contribution >= 0.6 is 0 Å². The summed E-state index contributed by atoms with van der Waals surface area (Å²) in [6.45, 7) is 5.88. The minimum absolute atomic E-state index is 0. The van der Waals surface area contributed by atoms with Crippen LogP contribution in [0.5, 0.6) is 5.75 Å². The van der Waals surface area contributed by atoms with Crippen LogP contribution < -0.4 is 4.74 Å². The number of nitrogens with zero attached hydrogens (tertiary/aromatic N) is 2. The Morgan fingerprint density at radius 1 is 0.960 bits per heavy atom. The zero-order valence-corrected chi connectivity index (χ0v) is 15.5. The van der Waals surface area contributed by atoms with Gasteiger partial charge in [0.25, 0.3) is 0 Å². The first-order valence-electron chi connectivity index (χ1n) is 8.89.